The molecule has 0 aromatic carbocycles. The topological polar surface area (TPSA) is 9.23 Å². The van der Waals surface area contributed by atoms with Crippen molar-refractivity contribution >= 4 is 15.9 Å². The van der Waals surface area contributed by atoms with Crippen LogP contribution in [0.2, 0.25) is 0 Å². The Kier molecular flexibility index (Phi) is 2.55. The van der Waals surface area contributed by atoms with Crippen molar-refractivity contribution in [1.82, 2.24) is 0 Å². The lowest BCUT2D eigenvalue weighted by atomic mass is 10.0. The lowest BCUT2D eigenvalue weighted by Gasteiger charge is -2.15. The molecule has 0 heterocycles. The second-order valence-corrected chi connectivity index (χ2v) is 3.31. The molecule has 0 aliphatic heterocycles. The minimum atomic E-state index is 0.569. The average Bonchev–Trinajstić information content (AvgIpc) is 1.95. The zero-order valence-electron chi connectivity index (χ0n) is 6.23. The van der Waals surface area contributed by atoms with Gasteiger partial charge in [0.15, 0.2) is 0 Å². The lowest BCUT2D eigenvalue weighted by Crippen LogP contribution is -2.01. The van der Waals surface area contributed by atoms with Gasteiger partial charge < -0.3 is 4.74 Å². The Hall–Kier alpha value is -0.240. The van der Waals surface area contributed by atoms with Crippen LogP contribution in [-0.4, -0.2) is 7.11 Å². The van der Waals surface area contributed by atoms with Crippen LogP contribution in [0.25, 0.3) is 0 Å². The first-order valence-corrected chi connectivity index (χ1v) is 4.15. The van der Waals surface area contributed by atoms with Crippen LogP contribution < -0.4 is 0 Å². The molecule has 1 rings (SSSR count). The van der Waals surface area contributed by atoms with Gasteiger partial charge in [0.05, 0.1) is 7.11 Å². The van der Waals surface area contributed by atoms with E-state index in [0.29, 0.717) is 5.92 Å². The molecule has 0 fully saturated rings. The van der Waals surface area contributed by atoms with Gasteiger partial charge in [0.1, 0.15) is 5.76 Å². The zero-order valence-corrected chi connectivity index (χ0v) is 7.81. The van der Waals surface area contributed by atoms with Gasteiger partial charge in [-0.1, -0.05) is 28.9 Å². The summed E-state index contributed by atoms with van der Waals surface area (Å²) >= 11 is 3.48. The Morgan fingerprint density at radius 3 is 2.90 bits per heavy atom. The third-order valence-corrected chi connectivity index (χ3v) is 2.82. The van der Waals surface area contributed by atoms with Crippen LogP contribution in [0, 0.1) is 5.92 Å². The molecule has 2 heteroatoms. The summed E-state index contributed by atoms with van der Waals surface area (Å²) < 4.78 is 6.30. The molecule has 1 aliphatic carbocycles. The molecule has 0 radical (unpaired) electrons. The molecule has 0 spiro atoms. The molecule has 56 valence electrons. The van der Waals surface area contributed by atoms with Crippen molar-refractivity contribution in [2.75, 3.05) is 7.11 Å². The Bertz CT molecular complexity index is 182. The van der Waals surface area contributed by atoms with Gasteiger partial charge in [-0.3, -0.25) is 0 Å². The van der Waals surface area contributed by atoms with Gasteiger partial charge in [0, 0.05) is 4.48 Å². The summed E-state index contributed by atoms with van der Waals surface area (Å²) in [5, 5.41) is 0. The highest BCUT2D eigenvalue weighted by Crippen LogP contribution is 2.29. The van der Waals surface area contributed by atoms with Crippen LogP contribution in [0.3, 0.4) is 0 Å². The Morgan fingerprint density at radius 2 is 2.40 bits per heavy atom. The van der Waals surface area contributed by atoms with E-state index < -0.39 is 0 Å². The second-order valence-electron chi connectivity index (χ2n) is 2.46. The lowest BCUT2D eigenvalue weighted by molar-refractivity contribution is 0.299. The fourth-order valence-corrected chi connectivity index (χ4v) is 1.45. The Labute approximate surface area is 69.9 Å². The number of hydrogen-bond donors (Lipinski definition) is 0. The van der Waals surface area contributed by atoms with E-state index >= 15 is 0 Å². The molecule has 0 saturated heterocycles. The maximum atomic E-state index is 5.12. The van der Waals surface area contributed by atoms with E-state index in [4.69, 9.17) is 4.74 Å². The van der Waals surface area contributed by atoms with Crippen molar-refractivity contribution in [3.05, 3.63) is 22.4 Å². The van der Waals surface area contributed by atoms with E-state index in [9.17, 15) is 0 Å². The van der Waals surface area contributed by atoms with Crippen molar-refractivity contribution in [3.8, 4) is 0 Å². The normalized spacial score (nSPS) is 25.3. The molecule has 10 heavy (non-hydrogen) atoms. The maximum Gasteiger partial charge on any atom is 0.128 e. The SMILES string of the molecule is COC1=C(Br)C(C)CC=C1. The number of rotatable bonds is 1. The fraction of sp³-hybridized carbons (Fsp3) is 0.500. The minimum Gasteiger partial charge on any atom is -0.496 e. The second kappa shape index (κ2) is 3.24. The van der Waals surface area contributed by atoms with Crippen LogP contribution in [0.5, 0.6) is 0 Å². The van der Waals surface area contributed by atoms with Gasteiger partial charge >= 0.3 is 0 Å². The van der Waals surface area contributed by atoms with Crippen molar-refractivity contribution in [2.45, 2.75) is 13.3 Å². The highest BCUT2D eigenvalue weighted by molar-refractivity contribution is 9.11. The average molecular weight is 203 g/mol. The molecule has 0 amide bonds. The van der Waals surface area contributed by atoms with Gasteiger partial charge in [-0.05, 0) is 18.4 Å². The molecule has 1 atom stereocenters. The molecule has 0 bridgehead atoms. The molecular formula is C8H11BrO. The van der Waals surface area contributed by atoms with Crippen molar-refractivity contribution < 1.29 is 4.74 Å². The number of methoxy groups -OCH3 is 1. The van der Waals surface area contributed by atoms with Gasteiger partial charge in [-0.2, -0.15) is 0 Å². The van der Waals surface area contributed by atoms with E-state index in [1.165, 1.54) is 4.48 Å². The van der Waals surface area contributed by atoms with Crippen LogP contribution in [0.4, 0.5) is 0 Å². The Balaban J connectivity index is 2.82. The number of allylic oxidation sites excluding steroid dienone is 3. The summed E-state index contributed by atoms with van der Waals surface area (Å²) in [4.78, 5) is 0. The van der Waals surface area contributed by atoms with E-state index in [1.807, 2.05) is 6.08 Å². The van der Waals surface area contributed by atoms with E-state index in [0.717, 1.165) is 12.2 Å². The quantitative estimate of drug-likeness (QED) is 0.636. The predicted octanol–water partition coefficient (Wildman–Crippen LogP) is 2.84. The molecule has 1 unspecified atom stereocenters. The molecular weight excluding hydrogens is 192 g/mol. The fourth-order valence-electron chi connectivity index (χ4n) is 0.971. The van der Waals surface area contributed by atoms with Crippen molar-refractivity contribution in [1.29, 1.82) is 0 Å². The first-order valence-electron chi connectivity index (χ1n) is 3.36. The standard InChI is InChI=1S/C8H11BrO/c1-6-4-3-5-7(10-2)8(6)9/h3,5-6H,4H2,1-2H3. The van der Waals surface area contributed by atoms with Crippen LogP contribution >= 0.6 is 15.9 Å². The van der Waals surface area contributed by atoms with E-state index in [2.05, 4.69) is 28.9 Å². The molecule has 0 aromatic heterocycles. The van der Waals surface area contributed by atoms with Crippen molar-refractivity contribution in [2.24, 2.45) is 5.92 Å². The summed E-state index contributed by atoms with van der Waals surface area (Å²) in [5.74, 6) is 1.53. The third-order valence-electron chi connectivity index (χ3n) is 1.65. The van der Waals surface area contributed by atoms with Crippen LogP contribution in [-0.2, 0) is 4.74 Å². The smallest absolute Gasteiger partial charge is 0.128 e. The third kappa shape index (κ3) is 1.43. The van der Waals surface area contributed by atoms with Gasteiger partial charge in [0.25, 0.3) is 0 Å². The highest BCUT2D eigenvalue weighted by atomic mass is 79.9. The van der Waals surface area contributed by atoms with E-state index in [1.54, 1.807) is 7.11 Å². The number of hydrogen-bond acceptors (Lipinski definition) is 1. The van der Waals surface area contributed by atoms with Gasteiger partial charge in [-0.25, -0.2) is 0 Å². The monoisotopic (exact) mass is 202 g/mol. The molecule has 1 nitrogen and oxygen atoms in total. The minimum absolute atomic E-state index is 0.569. The van der Waals surface area contributed by atoms with Gasteiger partial charge in [0.2, 0.25) is 0 Å². The summed E-state index contributed by atoms with van der Waals surface area (Å²) in [7, 11) is 1.69. The number of ether oxygens (including phenoxy) is 1. The van der Waals surface area contributed by atoms with E-state index in [-0.39, 0.29) is 0 Å². The largest absolute Gasteiger partial charge is 0.496 e. The summed E-state index contributed by atoms with van der Waals surface area (Å²) in [6.07, 6.45) is 5.24. The maximum absolute atomic E-state index is 5.12. The summed E-state index contributed by atoms with van der Waals surface area (Å²) in [6.45, 7) is 2.17. The predicted molar refractivity (Wildman–Crippen MR) is 45.9 cm³/mol. The zero-order chi connectivity index (χ0) is 7.56. The summed E-state index contributed by atoms with van der Waals surface area (Å²) in [5.41, 5.74) is 0. The van der Waals surface area contributed by atoms with Crippen molar-refractivity contribution in [3.63, 3.8) is 0 Å². The molecule has 0 aromatic rings. The first-order chi connectivity index (χ1) is 4.75. The molecule has 0 N–H and O–H groups in total. The van der Waals surface area contributed by atoms with Gasteiger partial charge in [-0.15, -0.1) is 0 Å². The number of halogens is 1. The summed E-state index contributed by atoms with van der Waals surface area (Å²) in [6, 6.07) is 0. The highest BCUT2D eigenvalue weighted by Gasteiger charge is 2.12. The first kappa shape index (κ1) is 7.86. The van der Waals surface area contributed by atoms with Crippen LogP contribution in [0.15, 0.2) is 22.4 Å². The molecule has 1 aliphatic rings. The van der Waals surface area contributed by atoms with Crippen LogP contribution in [0.1, 0.15) is 13.3 Å². The Morgan fingerprint density at radius 1 is 1.70 bits per heavy atom. The molecule has 0 saturated carbocycles.